The molecule has 0 saturated heterocycles. The summed E-state index contributed by atoms with van der Waals surface area (Å²) in [7, 11) is 0. The minimum atomic E-state index is 0.0767. The highest BCUT2D eigenvalue weighted by Gasteiger charge is 2.11. The number of nitrogens with one attached hydrogen (secondary N) is 1. The molecule has 0 radical (unpaired) electrons. The molecule has 1 N–H and O–H groups in total. The van der Waals surface area contributed by atoms with Crippen molar-refractivity contribution < 1.29 is 9.15 Å². The van der Waals surface area contributed by atoms with Crippen molar-refractivity contribution in [3.63, 3.8) is 0 Å². The Balaban J connectivity index is 2.33. The lowest BCUT2D eigenvalue weighted by molar-refractivity contribution is 0.105. The van der Waals surface area contributed by atoms with Crippen molar-refractivity contribution in [2.75, 3.05) is 6.61 Å². The maximum absolute atomic E-state index is 5.53. The van der Waals surface area contributed by atoms with Crippen LogP contribution in [0.25, 0.3) is 0 Å². The zero-order chi connectivity index (χ0) is 12.0. The average molecular weight is 226 g/mol. The lowest BCUT2D eigenvalue weighted by Gasteiger charge is -2.18. The SMILES string of the molecule is CCCOCc1cnc(CNC(C)(C)C)o1. The summed E-state index contributed by atoms with van der Waals surface area (Å²) in [6.45, 7) is 10.3. The van der Waals surface area contributed by atoms with Crippen LogP contribution in [-0.2, 0) is 17.9 Å². The van der Waals surface area contributed by atoms with Gasteiger partial charge < -0.3 is 14.5 Å². The molecular weight excluding hydrogens is 204 g/mol. The molecule has 1 aromatic rings. The summed E-state index contributed by atoms with van der Waals surface area (Å²) < 4.78 is 10.9. The van der Waals surface area contributed by atoms with E-state index >= 15 is 0 Å². The summed E-state index contributed by atoms with van der Waals surface area (Å²) in [5.41, 5.74) is 0.0767. The van der Waals surface area contributed by atoms with E-state index in [4.69, 9.17) is 9.15 Å². The van der Waals surface area contributed by atoms with Gasteiger partial charge in [-0.1, -0.05) is 6.92 Å². The predicted octanol–water partition coefficient (Wildman–Crippen LogP) is 2.49. The van der Waals surface area contributed by atoms with E-state index in [-0.39, 0.29) is 5.54 Å². The van der Waals surface area contributed by atoms with Crippen LogP contribution in [0.4, 0.5) is 0 Å². The van der Waals surface area contributed by atoms with Crippen LogP contribution in [0.15, 0.2) is 10.6 Å². The fourth-order valence-corrected chi connectivity index (χ4v) is 1.15. The zero-order valence-corrected chi connectivity index (χ0v) is 10.7. The van der Waals surface area contributed by atoms with Crippen molar-refractivity contribution in [2.24, 2.45) is 0 Å². The minimum Gasteiger partial charge on any atom is -0.442 e. The van der Waals surface area contributed by atoms with Crippen LogP contribution in [-0.4, -0.2) is 17.1 Å². The Morgan fingerprint density at radius 3 is 2.81 bits per heavy atom. The highest BCUT2D eigenvalue weighted by Crippen LogP contribution is 2.07. The van der Waals surface area contributed by atoms with Gasteiger partial charge in [-0.15, -0.1) is 0 Å². The van der Waals surface area contributed by atoms with Gasteiger partial charge in [0.1, 0.15) is 12.4 Å². The number of oxazole rings is 1. The number of nitrogens with zero attached hydrogens (tertiary/aromatic N) is 1. The van der Waals surface area contributed by atoms with Crippen molar-refractivity contribution in [3.05, 3.63) is 17.8 Å². The number of rotatable bonds is 6. The molecule has 1 heterocycles. The minimum absolute atomic E-state index is 0.0767. The monoisotopic (exact) mass is 226 g/mol. The molecule has 0 unspecified atom stereocenters. The second-order valence-electron chi connectivity index (χ2n) is 4.88. The van der Waals surface area contributed by atoms with Gasteiger partial charge in [0.15, 0.2) is 0 Å². The highest BCUT2D eigenvalue weighted by molar-refractivity contribution is 4.93. The van der Waals surface area contributed by atoms with Crippen molar-refractivity contribution >= 4 is 0 Å². The highest BCUT2D eigenvalue weighted by atomic mass is 16.5. The Bertz CT molecular complexity index is 302. The first-order valence-corrected chi connectivity index (χ1v) is 5.77. The normalized spacial score (nSPS) is 12.0. The summed E-state index contributed by atoms with van der Waals surface area (Å²) in [6, 6.07) is 0. The van der Waals surface area contributed by atoms with Crippen LogP contribution in [0.2, 0.25) is 0 Å². The second kappa shape index (κ2) is 6.01. The third-order valence-electron chi connectivity index (χ3n) is 1.96. The Morgan fingerprint density at radius 2 is 2.19 bits per heavy atom. The molecule has 0 aliphatic heterocycles. The number of ether oxygens (including phenoxy) is 1. The molecule has 0 spiro atoms. The van der Waals surface area contributed by atoms with Crippen molar-refractivity contribution in [2.45, 2.75) is 52.8 Å². The maximum atomic E-state index is 5.53. The van der Waals surface area contributed by atoms with E-state index in [2.05, 4.69) is 38.0 Å². The number of hydrogen-bond donors (Lipinski definition) is 1. The van der Waals surface area contributed by atoms with Gasteiger partial charge in [0.2, 0.25) is 5.89 Å². The van der Waals surface area contributed by atoms with E-state index in [9.17, 15) is 0 Å². The first kappa shape index (κ1) is 13.2. The van der Waals surface area contributed by atoms with Crippen molar-refractivity contribution in [3.8, 4) is 0 Å². The zero-order valence-electron chi connectivity index (χ0n) is 10.7. The maximum Gasteiger partial charge on any atom is 0.208 e. The molecule has 4 heteroatoms. The van der Waals surface area contributed by atoms with Crippen molar-refractivity contribution in [1.29, 1.82) is 0 Å². The molecule has 4 nitrogen and oxygen atoms in total. The number of hydrogen-bond acceptors (Lipinski definition) is 4. The Kier molecular flexibility index (Phi) is 4.96. The van der Waals surface area contributed by atoms with E-state index in [0.29, 0.717) is 19.0 Å². The summed E-state index contributed by atoms with van der Waals surface area (Å²) in [4.78, 5) is 4.19. The largest absolute Gasteiger partial charge is 0.442 e. The van der Waals surface area contributed by atoms with Gasteiger partial charge >= 0.3 is 0 Å². The van der Waals surface area contributed by atoms with E-state index in [0.717, 1.165) is 18.8 Å². The van der Waals surface area contributed by atoms with E-state index in [1.807, 2.05) is 0 Å². The third-order valence-corrected chi connectivity index (χ3v) is 1.96. The van der Waals surface area contributed by atoms with Gasteiger partial charge in [-0.3, -0.25) is 0 Å². The molecule has 1 aromatic heterocycles. The fraction of sp³-hybridized carbons (Fsp3) is 0.750. The van der Waals surface area contributed by atoms with Crippen LogP contribution in [0.5, 0.6) is 0 Å². The van der Waals surface area contributed by atoms with Gasteiger partial charge in [0, 0.05) is 12.1 Å². The average Bonchev–Trinajstić information content (AvgIpc) is 2.62. The molecule has 16 heavy (non-hydrogen) atoms. The summed E-state index contributed by atoms with van der Waals surface area (Å²) in [5.74, 6) is 1.50. The smallest absolute Gasteiger partial charge is 0.208 e. The van der Waals surface area contributed by atoms with Gasteiger partial charge in [-0.05, 0) is 27.2 Å². The molecule has 0 atom stereocenters. The van der Waals surface area contributed by atoms with Crippen LogP contribution in [0.3, 0.4) is 0 Å². The number of aromatic nitrogens is 1. The lowest BCUT2D eigenvalue weighted by Crippen LogP contribution is -2.35. The summed E-state index contributed by atoms with van der Waals surface area (Å²) >= 11 is 0. The molecule has 92 valence electrons. The molecule has 0 aromatic carbocycles. The van der Waals surface area contributed by atoms with Gasteiger partial charge in [0.25, 0.3) is 0 Å². The molecule has 0 aliphatic carbocycles. The van der Waals surface area contributed by atoms with Gasteiger partial charge in [0.05, 0.1) is 12.7 Å². The standard InChI is InChI=1S/C12H22N2O2/c1-5-6-15-9-10-7-13-11(16-10)8-14-12(2,3)4/h7,14H,5-6,8-9H2,1-4H3. The molecule has 0 aliphatic rings. The van der Waals surface area contributed by atoms with Crippen LogP contribution in [0, 0.1) is 0 Å². The van der Waals surface area contributed by atoms with E-state index in [1.54, 1.807) is 6.20 Å². The predicted molar refractivity (Wildman–Crippen MR) is 63.0 cm³/mol. The van der Waals surface area contributed by atoms with Crippen LogP contribution in [0.1, 0.15) is 45.8 Å². The van der Waals surface area contributed by atoms with Gasteiger partial charge in [-0.2, -0.15) is 0 Å². The summed E-state index contributed by atoms with van der Waals surface area (Å²) in [6.07, 6.45) is 2.75. The quantitative estimate of drug-likeness (QED) is 0.757. The molecule has 0 saturated carbocycles. The first-order chi connectivity index (χ1) is 7.51. The van der Waals surface area contributed by atoms with E-state index in [1.165, 1.54) is 0 Å². The molecule has 0 amide bonds. The van der Waals surface area contributed by atoms with E-state index < -0.39 is 0 Å². The molecule has 0 bridgehead atoms. The summed E-state index contributed by atoms with van der Waals surface area (Å²) in [5, 5.41) is 3.32. The Morgan fingerprint density at radius 1 is 1.44 bits per heavy atom. The topological polar surface area (TPSA) is 47.3 Å². The second-order valence-corrected chi connectivity index (χ2v) is 4.88. The Hall–Kier alpha value is -0.870. The Labute approximate surface area is 97.4 Å². The fourth-order valence-electron chi connectivity index (χ4n) is 1.15. The lowest BCUT2D eigenvalue weighted by atomic mass is 10.1. The molecule has 0 fully saturated rings. The van der Waals surface area contributed by atoms with Crippen LogP contribution >= 0.6 is 0 Å². The third kappa shape index (κ3) is 5.28. The molecule has 1 rings (SSSR count). The molecular formula is C12H22N2O2. The van der Waals surface area contributed by atoms with Crippen molar-refractivity contribution in [1.82, 2.24) is 10.3 Å². The van der Waals surface area contributed by atoms with Gasteiger partial charge in [-0.25, -0.2) is 4.98 Å². The first-order valence-electron chi connectivity index (χ1n) is 5.77. The van der Waals surface area contributed by atoms with Crippen LogP contribution < -0.4 is 5.32 Å².